The van der Waals surface area contributed by atoms with Gasteiger partial charge in [0.05, 0.1) is 22.2 Å². The predicted molar refractivity (Wildman–Crippen MR) is 234 cm³/mol. The highest BCUT2D eigenvalue weighted by Crippen LogP contribution is 2.37. The van der Waals surface area contributed by atoms with E-state index in [1.54, 1.807) is 0 Å². The second-order valence-electron chi connectivity index (χ2n) is 14.8. The first kappa shape index (κ1) is 33.5. The second kappa shape index (κ2) is 13.4. The van der Waals surface area contributed by atoms with E-state index in [4.69, 9.17) is 9.97 Å². The number of nitrogens with zero attached hydrogens (tertiary/aromatic N) is 4. The van der Waals surface area contributed by atoms with Crippen molar-refractivity contribution >= 4 is 32.7 Å². The Labute approximate surface area is 327 Å². The van der Waals surface area contributed by atoms with Gasteiger partial charge in [-0.1, -0.05) is 127 Å². The summed E-state index contributed by atoms with van der Waals surface area (Å²) in [5, 5.41) is 3.59. The number of hydrogen-bond donors (Lipinski definition) is 0. The third kappa shape index (κ3) is 5.53. The van der Waals surface area contributed by atoms with Gasteiger partial charge in [-0.15, -0.1) is 0 Å². The predicted octanol–water partition coefficient (Wildman–Crippen LogP) is 13.4. The van der Waals surface area contributed by atoms with Crippen molar-refractivity contribution < 1.29 is 0 Å². The molecule has 0 fully saturated rings. The molecular weight excluding hydrogens is 681 g/mol. The van der Waals surface area contributed by atoms with Gasteiger partial charge in [0.1, 0.15) is 0 Å². The Hall–Kier alpha value is -7.04. The number of benzene rings is 7. The highest BCUT2D eigenvalue weighted by atomic mass is 15.0. The number of aromatic nitrogens is 4. The minimum atomic E-state index is 0.708. The lowest BCUT2D eigenvalue weighted by molar-refractivity contribution is 1.01. The van der Waals surface area contributed by atoms with Crippen molar-refractivity contribution in [1.29, 1.82) is 0 Å². The van der Waals surface area contributed by atoms with E-state index in [1.807, 2.05) is 6.07 Å². The van der Waals surface area contributed by atoms with Crippen molar-refractivity contribution in [3.05, 3.63) is 192 Å². The summed E-state index contributed by atoms with van der Waals surface area (Å²) in [6.45, 7) is 8.91. The van der Waals surface area contributed by atoms with Gasteiger partial charge in [-0.3, -0.25) is 0 Å². The van der Waals surface area contributed by atoms with Gasteiger partial charge in [-0.05, 0) is 104 Å². The summed E-state index contributed by atoms with van der Waals surface area (Å²) < 4.78 is 4.83. The van der Waals surface area contributed by atoms with Crippen LogP contribution in [-0.4, -0.2) is 19.1 Å². The van der Waals surface area contributed by atoms with E-state index in [-0.39, 0.29) is 0 Å². The largest absolute Gasteiger partial charge is 0.314 e. The smallest absolute Gasteiger partial charge is 0.160 e. The minimum absolute atomic E-state index is 0.708. The lowest BCUT2D eigenvalue weighted by Crippen LogP contribution is -2.02. The van der Waals surface area contributed by atoms with Gasteiger partial charge in [-0.25, -0.2) is 9.97 Å². The van der Waals surface area contributed by atoms with Crippen molar-refractivity contribution in [2.24, 2.45) is 0 Å². The third-order valence-corrected chi connectivity index (χ3v) is 11.6. The van der Waals surface area contributed by atoms with Gasteiger partial charge in [-0.2, -0.15) is 0 Å². The molecule has 0 amide bonds. The Kier molecular flexibility index (Phi) is 8.00. The molecule has 0 atom stereocenters. The second-order valence-corrected chi connectivity index (χ2v) is 14.8. The Morgan fingerprint density at radius 2 is 0.857 bits per heavy atom. The molecule has 10 rings (SSSR count). The van der Waals surface area contributed by atoms with E-state index in [0.717, 1.165) is 55.8 Å². The molecule has 0 saturated heterocycles. The number of hydrogen-bond acceptors (Lipinski definition) is 2. The maximum Gasteiger partial charge on any atom is 0.160 e. The van der Waals surface area contributed by atoms with Gasteiger partial charge in [0, 0.05) is 50.0 Å². The molecule has 268 valence electrons. The number of rotatable bonds is 6. The van der Waals surface area contributed by atoms with Crippen LogP contribution in [0.1, 0.15) is 22.5 Å². The maximum atomic E-state index is 5.25. The van der Waals surface area contributed by atoms with Crippen molar-refractivity contribution in [1.82, 2.24) is 19.1 Å². The summed E-state index contributed by atoms with van der Waals surface area (Å²) in [6.07, 6.45) is 0. The van der Waals surface area contributed by atoms with E-state index < -0.39 is 0 Å². The van der Waals surface area contributed by atoms with Crippen molar-refractivity contribution in [3.63, 3.8) is 0 Å². The van der Waals surface area contributed by atoms with E-state index in [9.17, 15) is 0 Å². The molecule has 0 spiro atoms. The molecule has 10 aromatic rings. The van der Waals surface area contributed by atoms with Crippen LogP contribution in [0.4, 0.5) is 0 Å². The monoisotopic (exact) mass is 720 g/mol. The Bertz CT molecular complexity index is 3010. The Morgan fingerprint density at radius 1 is 0.357 bits per heavy atom. The lowest BCUT2D eigenvalue weighted by atomic mass is 9.99. The molecule has 3 aromatic heterocycles. The first-order chi connectivity index (χ1) is 27.4. The molecule has 0 aliphatic rings. The van der Waals surface area contributed by atoms with Crippen LogP contribution in [0.25, 0.3) is 89.0 Å². The Balaban J connectivity index is 1.11. The molecule has 0 aliphatic carbocycles. The first-order valence-corrected chi connectivity index (χ1v) is 19.3. The molecule has 0 N–H and O–H groups in total. The molecule has 0 aliphatic heterocycles. The van der Waals surface area contributed by atoms with Crippen LogP contribution in [0.15, 0.2) is 170 Å². The summed E-state index contributed by atoms with van der Waals surface area (Å²) >= 11 is 0. The fourth-order valence-electron chi connectivity index (χ4n) is 8.46. The summed E-state index contributed by atoms with van der Waals surface area (Å²) in [7, 11) is 0. The van der Waals surface area contributed by atoms with Gasteiger partial charge < -0.3 is 9.13 Å². The average molecular weight is 721 g/mol. The number of fused-ring (bicyclic) bond motifs is 3. The molecule has 56 heavy (non-hydrogen) atoms. The highest BCUT2D eigenvalue weighted by Gasteiger charge is 2.18. The van der Waals surface area contributed by atoms with Crippen LogP contribution in [0, 0.1) is 27.7 Å². The number of para-hydroxylation sites is 3. The van der Waals surface area contributed by atoms with E-state index in [0.29, 0.717) is 5.82 Å². The van der Waals surface area contributed by atoms with Crippen LogP contribution < -0.4 is 0 Å². The third-order valence-electron chi connectivity index (χ3n) is 11.6. The van der Waals surface area contributed by atoms with Crippen LogP contribution >= 0.6 is 0 Å². The highest BCUT2D eigenvalue weighted by molar-refractivity contribution is 5.95. The molecule has 4 heteroatoms. The molecule has 0 radical (unpaired) electrons. The molecule has 7 aromatic carbocycles. The zero-order valence-corrected chi connectivity index (χ0v) is 32.0. The van der Waals surface area contributed by atoms with Crippen LogP contribution in [0.2, 0.25) is 0 Å². The normalized spacial score (nSPS) is 11.6. The van der Waals surface area contributed by atoms with E-state index >= 15 is 0 Å². The van der Waals surface area contributed by atoms with Crippen molar-refractivity contribution in [3.8, 4) is 56.3 Å². The standard InChI is InChI=1S/C52H40N4/c1-33-35(3)55(49-23-12-9-19-45(33)49)43-30-42(31-44(32-43)56-36(4)34(2)46-20-10-13-24-50(46)56)38-25-27-39(28-26-38)52-53-48-22-11-8-21-47(48)51(54-52)41-18-14-17-40(29-41)37-15-6-5-7-16-37/h5-32H,1-4H3. The van der Waals surface area contributed by atoms with E-state index in [1.165, 1.54) is 49.9 Å². The van der Waals surface area contributed by atoms with Gasteiger partial charge in [0.25, 0.3) is 0 Å². The van der Waals surface area contributed by atoms with Crippen molar-refractivity contribution in [2.45, 2.75) is 27.7 Å². The maximum absolute atomic E-state index is 5.25. The molecule has 4 nitrogen and oxygen atoms in total. The zero-order chi connectivity index (χ0) is 37.9. The summed E-state index contributed by atoms with van der Waals surface area (Å²) in [5.74, 6) is 0.708. The fourth-order valence-corrected chi connectivity index (χ4v) is 8.46. The van der Waals surface area contributed by atoms with E-state index in [2.05, 4.69) is 201 Å². The quantitative estimate of drug-likeness (QED) is 0.171. The van der Waals surface area contributed by atoms with Crippen LogP contribution in [0.5, 0.6) is 0 Å². The van der Waals surface area contributed by atoms with Crippen LogP contribution in [0.3, 0.4) is 0 Å². The minimum Gasteiger partial charge on any atom is -0.314 e. The fraction of sp³-hybridized carbons (Fsp3) is 0.0769. The molecular formula is C52H40N4. The molecule has 0 unspecified atom stereocenters. The topological polar surface area (TPSA) is 35.6 Å². The van der Waals surface area contributed by atoms with Crippen molar-refractivity contribution in [2.75, 3.05) is 0 Å². The van der Waals surface area contributed by atoms with Crippen LogP contribution in [-0.2, 0) is 0 Å². The first-order valence-electron chi connectivity index (χ1n) is 19.3. The molecule has 3 heterocycles. The number of aryl methyl sites for hydroxylation is 2. The lowest BCUT2D eigenvalue weighted by Gasteiger charge is -2.17. The molecule has 0 saturated carbocycles. The molecule has 0 bridgehead atoms. The average Bonchev–Trinajstić information content (AvgIpc) is 3.67. The summed E-state index contributed by atoms with van der Waals surface area (Å²) in [6, 6.07) is 60.6. The zero-order valence-electron chi connectivity index (χ0n) is 32.0. The summed E-state index contributed by atoms with van der Waals surface area (Å²) in [5.41, 5.74) is 18.3. The van der Waals surface area contributed by atoms with Gasteiger partial charge in [0.15, 0.2) is 5.82 Å². The SMILES string of the molecule is Cc1c(C)n(-c2cc(-c3ccc(-c4nc(-c5cccc(-c6ccccc6)c5)c5ccccc5n4)cc3)cc(-n3c(C)c(C)c4ccccc43)c2)c2ccccc12. The van der Waals surface area contributed by atoms with Gasteiger partial charge >= 0.3 is 0 Å². The van der Waals surface area contributed by atoms with Gasteiger partial charge in [0.2, 0.25) is 0 Å². The Morgan fingerprint density at radius 3 is 1.50 bits per heavy atom. The summed E-state index contributed by atoms with van der Waals surface area (Å²) in [4.78, 5) is 10.3.